The van der Waals surface area contributed by atoms with Crippen LogP contribution in [0, 0.1) is 5.82 Å². The van der Waals surface area contributed by atoms with Crippen LogP contribution in [-0.4, -0.2) is 58.0 Å². The first-order chi connectivity index (χ1) is 19.9. The fraction of sp³-hybridized carbons (Fsp3) is 0.333. The van der Waals surface area contributed by atoms with Crippen LogP contribution in [0.3, 0.4) is 0 Å². The molecule has 0 radical (unpaired) electrons. The number of carbonyl (C=O) groups excluding carboxylic acids is 2. The number of nitrogens with one attached hydrogen (secondary N) is 1. The first-order valence-electron chi connectivity index (χ1n) is 13.3. The van der Waals surface area contributed by atoms with Gasteiger partial charge in [-0.1, -0.05) is 30.7 Å². The van der Waals surface area contributed by atoms with Crippen LogP contribution in [0.15, 0.2) is 71.6 Å². The van der Waals surface area contributed by atoms with E-state index in [0.29, 0.717) is 22.8 Å². The molecule has 0 spiro atoms. The van der Waals surface area contributed by atoms with E-state index in [1.54, 1.807) is 6.92 Å². The Labute approximate surface area is 251 Å². The van der Waals surface area contributed by atoms with Gasteiger partial charge in [-0.15, -0.1) is 0 Å². The van der Waals surface area contributed by atoms with Gasteiger partial charge in [0, 0.05) is 23.7 Å². The van der Waals surface area contributed by atoms with Crippen LogP contribution in [-0.2, 0) is 26.2 Å². The number of ether oxygens (including phenoxy) is 2. The standard InChI is InChI=1S/C30H35ClFN3O6S/c1-6-20(2)33-30(37)21(3)34(18-22-7-11-24(32)12-8-22)29(36)19-35(25-13-9-23(31)10-14-25)42(38,39)26-15-16-27(40-4)28(17-26)41-5/h7-17,20-21H,6,18-19H2,1-5H3,(H,33,37)/t20-,21-/m1/s1. The van der Waals surface area contributed by atoms with E-state index >= 15 is 0 Å². The summed E-state index contributed by atoms with van der Waals surface area (Å²) in [4.78, 5) is 28.2. The minimum absolute atomic E-state index is 0.0565. The Kier molecular flexibility index (Phi) is 11.2. The summed E-state index contributed by atoms with van der Waals surface area (Å²) in [7, 11) is -1.53. The van der Waals surface area contributed by atoms with Crippen LogP contribution in [0.2, 0.25) is 5.02 Å². The molecule has 0 heterocycles. The Bertz CT molecular complexity index is 1490. The maximum Gasteiger partial charge on any atom is 0.264 e. The molecule has 9 nitrogen and oxygen atoms in total. The van der Waals surface area contributed by atoms with Crippen molar-refractivity contribution < 1.29 is 31.9 Å². The number of sulfonamides is 1. The number of benzene rings is 3. The summed E-state index contributed by atoms with van der Waals surface area (Å²) in [6.07, 6.45) is 0.679. The number of amides is 2. The van der Waals surface area contributed by atoms with Crippen LogP contribution in [0.5, 0.6) is 11.5 Å². The Balaban J connectivity index is 2.06. The number of nitrogens with zero attached hydrogens (tertiary/aromatic N) is 2. The average molecular weight is 620 g/mol. The number of hydrogen-bond acceptors (Lipinski definition) is 6. The molecule has 0 aliphatic carbocycles. The number of hydrogen-bond donors (Lipinski definition) is 1. The van der Waals surface area contributed by atoms with E-state index in [2.05, 4.69) is 5.32 Å². The molecule has 0 fully saturated rings. The van der Waals surface area contributed by atoms with E-state index in [9.17, 15) is 22.4 Å². The van der Waals surface area contributed by atoms with E-state index in [1.165, 1.54) is 85.8 Å². The quantitative estimate of drug-likeness (QED) is 0.288. The highest BCUT2D eigenvalue weighted by Gasteiger charge is 2.33. The van der Waals surface area contributed by atoms with Gasteiger partial charge in [-0.2, -0.15) is 0 Å². The lowest BCUT2D eigenvalue weighted by molar-refractivity contribution is -0.139. The molecule has 2 atom stereocenters. The van der Waals surface area contributed by atoms with Gasteiger partial charge < -0.3 is 19.7 Å². The summed E-state index contributed by atoms with van der Waals surface area (Å²) in [5.74, 6) is -0.980. The molecule has 12 heteroatoms. The zero-order valence-electron chi connectivity index (χ0n) is 24.1. The SMILES string of the molecule is CC[C@@H](C)NC(=O)[C@@H](C)N(Cc1ccc(F)cc1)C(=O)CN(c1ccc(Cl)cc1)S(=O)(=O)c1ccc(OC)c(OC)c1. The first-order valence-corrected chi connectivity index (χ1v) is 15.1. The van der Waals surface area contributed by atoms with Crippen molar-refractivity contribution in [3.63, 3.8) is 0 Å². The Hall–Kier alpha value is -3.83. The van der Waals surface area contributed by atoms with Gasteiger partial charge in [0.25, 0.3) is 10.0 Å². The van der Waals surface area contributed by atoms with Crippen LogP contribution in [0.1, 0.15) is 32.8 Å². The molecule has 0 bridgehead atoms. The number of carbonyl (C=O) groups is 2. The second-order valence-electron chi connectivity index (χ2n) is 9.65. The number of anilines is 1. The zero-order chi connectivity index (χ0) is 31.0. The van der Waals surface area contributed by atoms with Crippen molar-refractivity contribution in [2.24, 2.45) is 0 Å². The molecule has 0 saturated heterocycles. The van der Waals surface area contributed by atoms with Crippen LogP contribution >= 0.6 is 11.6 Å². The lowest BCUT2D eigenvalue weighted by atomic mass is 10.1. The van der Waals surface area contributed by atoms with E-state index in [4.69, 9.17) is 21.1 Å². The fourth-order valence-corrected chi connectivity index (χ4v) is 5.63. The summed E-state index contributed by atoms with van der Waals surface area (Å²) >= 11 is 6.06. The summed E-state index contributed by atoms with van der Waals surface area (Å²) in [5.41, 5.74) is 0.745. The summed E-state index contributed by atoms with van der Waals surface area (Å²) < 4.78 is 53.1. The highest BCUT2D eigenvalue weighted by Crippen LogP contribution is 2.32. The second kappa shape index (κ2) is 14.4. The van der Waals surface area contributed by atoms with Crippen molar-refractivity contribution in [1.29, 1.82) is 0 Å². The Morgan fingerprint density at radius 2 is 1.57 bits per heavy atom. The van der Waals surface area contributed by atoms with E-state index in [0.717, 1.165) is 4.31 Å². The lowest BCUT2D eigenvalue weighted by Crippen LogP contribution is -2.52. The molecule has 1 N–H and O–H groups in total. The topological polar surface area (TPSA) is 105 Å². The molecule has 42 heavy (non-hydrogen) atoms. The molecule has 0 saturated carbocycles. The molecule has 3 rings (SSSR count). The summed E-state index contributed by atoms with van der Waals surface area (Å²) in [6, 6.07) is 14.5. The number of halogens is 2. The van der Waals surface area contributed by atoms with Gasteiger partial charge in [0.15, 0.2) is 11.5 Å². The fourth-order valence-electron chi connectivity index (χ4n) is 4.07. The van der Waals surface area contributed by atoms with Gasteiger partial charge in [-0.05, 0) is 74.4 Å². The molecule has 3 aromatic rings. The summed E-state index contributed by atoms with van der Waals surface area (Å²) in [5, 5.41) is 3.24. The molecule has 0 unspecified atom stereocenters. The lowest BCUT2D eigenvalue weighted by Gasteiger charge is -2.32. The monoisotopic (exact) mass is 619 g/mol. The highest BCUT2D eigenvalue weighted by molar-refractivity contribution is 7.92. The largest absolute Gasteiger partial charge is 0.493 e. The van der Waals surface area contributed by atoms with E-state index in [1.807, 2.05) is 13.8 Å². The second-order valence-corrected chi connectivity index (χ2v) is 11.9. The minimum Gasteiger partial charge on any atom is -0.493 e. The molecule has 2 amide bonds. The molecular formula is C30H35ClFN3O6S. The van der Waals surface area contributed by atoms with Gasteiger partial charge in [0.1, 0.15) is 18.4 Å². The van der Waals surface area contributed by atoms with Crippen molar-refractivity contribution in [3.05, 3.63) is 83.1 Å². The van der Waals surface area contributed by atoms with Crippen LogP contribution < -0.4 is 19.1 Å². The average Bonchev–Trinajstić information content (AvgIpc) is 2.98. The van der Waals surface area contributed by atoms with Gasteiger partial charge in [-0.25, -0.2) is 12.8 Å². The van der Waals surface area contributed by atoms with Crippen molar-refractivity contribution >= 4 is 39.1 Å². The van der Waals surface area contributed by atoms with E-state index in [-0.39, 0.29) is 28.9 Å². The third-order valence-corrected chi connectivity index (χ3v) is 8.79. The zero-order valence-corrected chi connectivity index (χ0v) is 25.7. The van der Waals surface area contributed by atoms with Crippen molar-refractivity contribution in [1.82, 2.24) is 10.2 Å². The van der Waals surface area contributed by atoms with Gasteiger partial charge in [0.2, 0.25) is 11.8 Å². The summed E-state index contributed by atoms with van der Waals surface area (Å²) in [6.45, 7) is 4.63. The third-order valence-electron chi connectivity index (χ3n) is 6.77. The van der Waals surface area contributed by atoms with Gasteiger partial charge in [0.05, 0.1) is 24.8 Å². The molecule has 3 aromatic carbocycles. The first kappa shape index (κ1) is 32.7. The third kappa shape index (κ3) is 7.92. The van der Waals surface area contributed by atoms with E-state index < -0.39 is 40.2 Å². The predicted molar refractivity (Wildman–Crippen MR) is 160 cm³/mol. The predicted octanol–water partition coefficient (Wildman–Crippen LogP) is 5.02. The maximum atomic E-state index is 14.0. The highest BCUT2D eigenvalue weighted by atomic mass is 35.5. The van der Waals surface area contributed by atoms with Crippen molar-refractivity contribution in [3.8, 4) is 11.5 Å². The van der Waals surface area contributed by atoms with Crippen LogP contribution in [0.4, 0.5) is 10.1 Å². The van der Waals surface area contributed by atoms with Crippen molar-refractivity contribution in [2.75, 3.05) is 25.1 Å². The molecule has 0 aromatic heterocycles. The Morgan fingerprint density at radius 1 is 0.952 bits per heavy atom. The van der Waals surface area contributed by atoms with Crippen LogP contribution in [0.25, 0.3) is 0 Å². The molecule has 0 aliphatic rings. The molecule has 0 aliphatic heterocycles. The Morgan fingerprint density at radius 3 is 2.14 bits per heavy atom. The molecule has 226 valence electrons. The maximum absolute atomic E-state index is 14.0. The van der Waals surface area contributed by atoms with Gasteiger partial charge >= 0.3 is 0 Å². The van der Waals surface area contributed by atoms with Crippen molar-refractivity contribution in [2.45, 2.75) is 50.7 Å². The smallest absolute Gasteiger partial charge is 0.264 e. The normalized spacial score (nSPS) is 12.6. The minimum atomic E-state index is -4.34. The molecular weight excluding hydrogens is 585 g/mol. The number of methoxy groups -OCH3 is 2. The number of rotatable bonds is 13. The van der Waals surface area contributed by atoms with Gasteiger partial charge in [-0.3, -0.25) is 13.9 Å².